The highest BCUT2D eigenvalue weighted by atomic mass is 16.5. The number of rotatable bonds is 3. The summed E-state index contributed by atoms with van der Waals surface area (Å²) in [7, 11) is 0. The zero-order valence-corrected chi connectivity index (χ0v) is 11.2. The van der Waals surface area contributed by atoms with Crippen LogP contribution in [0.4, 0.5) is 0 Å². The van der Waals surface area contributed by atoms with Gasteiger partial charge < -0.3 is 9.26 Å². The van der Waals surface area contributed by atoms with Gasteiger partial charge in [-0.3, -0.25) is 10.1 Å². The molecule has 0 aromatic carbocycles. The molecule has 1 aliphatic heterocycles. The van der Waals surface area contributed by atoms with E-state index in [2.05, 4.69) is 25.3 Å². The van der Waals surface area contributed by atoms with E-state index in [-0.39, 0.29) is 5.92 Å². The fourth-order valence-corrected chi connectivity index (χ4v) is 2.33. The first-order valence-electron chi connectivity index (χ1n) is 6.79. The highest BCUT2D eigenvalue weighted by molar-refractivity contribution is 5.60. The van der Waals surface area contributed by atoms with Crippen molar-refractivity contribution in [3.8, 4) is 23.0 Å². The van der Waals surface area contributed by atoms with Crippen LogP contribution in [-0.4, -0.2) is 38.5 Å². The smallest absolute Gasteiger partial charge is 0.275 e. The zero-order chi connectivity index (χ0) is 14.1. The molecule has 7 nitrogen and oxygen atoms in total. The van der Waals surface area contributed by atoms with E-state index in [1.165, 1.54) is 0 Å². The summed E-state index contributed by atoms with van der Waals surface area (Å²) in [5.74, 6) is 1.35. The second-order valence-electron chi connectivity index (χ2n) is 4.90. The van der Waals surface area contributed by atoms with E-state index >= 15 is 0 Å². The Morgan fingerprint density at radius 2 is 2.24 bits per heavy atom. The molecule has 1 N–H and O–H groups in total. The Morgan fingerprint density at radius 1 is 1.24 bits per heavy atom. The van der Waals surface area contributed by atoms with Crippen LogP contribution in [0.3, 0.4) is 0 Å². The molecule has 1 atom stereocenters. The number of H-pyrrole nitrogens is 1. The van der Waals surface area contributed by atoms with Gasteiger partial charge in [0.05, 0.1) is 12.3 Å². The number of hydrogen-bond acceptors (Lipinski definition) is 6. The molecule has 1 aliphatic rings. The quantitative estimate of drug-likeness (QED) is 0.791. The van der Waals surface area contributed by atoms with Crippen molar-refractivity contribution in [2.45, 2.75) is 12.3 Å². The SMILES string of the molecule is c1ccc(-c2cc(-c3nc([C@H]4CCOC4)no3)[nH]n2)nc1. The molecular formula is C14H13N5O2. The summed E-state index contributed by atoms with van der Waals surface area (Å²) in [6, 6.07) is 7.53. The van der Waals surface area contributed by atoms with Crippen LogP contribution < -0.4 is 0 Å². The molecule has 3 aromatic rings. The van der Waals surface area contributed by atoms with Gasteiger partial charge >= 0.3 is 0 Å². The van der Waals surface area contributed by atoms with E-state index < -0.39 is 0 Å². The van der Waals surface area contributed by atoms with Crippen molar-refractivity contribution in [2.24, 2.45) is 0 Å². The molecule has 0 saturated carbocycles. The van der Waals surface area contributed by atoms with Crippen molar-refractivity contribution in [1.29, 1.82) is 0 Å². The lowest BCUT2D eigenvalue weighted by Gasteiger charge is -1.97. The van der Waals surface area contributed by atoms with E-state index in [0.717, 1.165) is 24.4 Å². The maximum Gasteiger partial charge on any atom is 0.275 e. The Hall–Kier alpha value is -2.54. The molecule has 0 aliphatic carbocycles. The summed E-state index contributed by atoms with van der Waals surface area (Å²) in [6.45, 7) is 1.41. The van der Waals surface area contributed by atoms with Crippen LogP contribution in [0.15, 0.2) is 35.0 Å². The van der Waals surface area contributed by atoms with Crippen LogP contribution in [0.2, 0.25) is 0 Å². The monoisotopic (exact) mass is 283 g/mol. The molecule has 0 radical (unpaired) electrons. The minimum absolute atomic E-state index is 0.223. The maximum absolute atomic E-state index is 5.34. The summed E-state index contributed by atoms with van der Waals surface area (Å²) < 4.78 is 10.6. The van der Waals surface area contributed by atoms with Gasteiger partial charge in [-0.05, 0) is 24.6 Å². The van der Waals surface area contributed by atoms with Gasteiger partial charge in [0.2, 0.25) is 0 Å². The summed E-state index contributed by atoms with van der Waals surface area (Å²) >= 11 is 0. The summed E-state index contributed by atoms with van der Waals surface area (Å²) in [6.07, 6.45) is 2.66. The zero-order valence-electron chi connectivity index (χ0n) is 11.2. The van der Waals surface area contributed by atoms with E-state index in [9.17, 15) is 0 Å². The highest BCUT2D eigenvalue weighted by Gasteiger charge is 2.24. The van der Waals surface area contributed by atoms with Gasteiger partial charge in [0.1, 0.15) is 11.4 Å². The van der Waals surface area contributed by atoms with Crippen LogP contribution in [0.25, 0.3) is 23.0 Å². The largest absolute Gasteiger partial charge is 0.381 e. The molecule has 0 spiro atoms. The van der Waals surface area contributed by atoms with Crippen molar-refractivity contribution < 1.29 is 9.26 Å². The van der Waals surface area contributed by atoms with E-state index in [4.69, 9.17) is 9.26 Å². The molecule has 4 heterocycles. The van der Waals surface area contributed by atoms with Crippen LogP contribution in [0.5, 0.6) is 0 Å². The summed E-state index contributed by atoms with van der Waals surface area (Å²) in [5, 5.41) is 11.2. The second kappa shape index (κ2) is 5.10. The predicted molar refractivity (Wildman–Crippen MR) is 73.3 cm³/mol. The molecule has 7 heteroatoms. The van der Waals surface area contributed by atoms with Crippen molar-refractivity contribution in [3.63, 3.8) is 0 Å². The third-order valence-corrected chi connectivity index (χ3v) is 3.47. The molecule has 0 amide bonds. The first kappa shape index (κ1) is 12.2. The predicted octanol–water partition coefficient (Wildman–Crippen LogP) is 2.03. The number of hydrogen-bond donors (Lipinski definition) is 1. The summed E-state index contributed by atoms with van der Waals surface area (Å²) in [4.78, 5) is 8.68. The minimum atomic E-state index is 0.223. The van der Waals surface area contributed by atoms with Gasteiger partial charge in [-0.2, -0.15) is 10.1 Å². The molecule has 4 rings (SSSR count). The second-order valence-corrected chi connectivity index (χ2v) is 4.90. The Kier molecular flexibility index (Phi) is 2.97. The van der Waals surface area contributed by atoms with Crippen LogP contribution in [-0.2, 0) is 4.74 Å². The molecule has 106 valence electrons. The van der Waals surface area contributed by atoms with Gasteiger partial charge in [0, 0.05) is 18.7 Å². The maximum atomic E-state index is 5.34. The average Bonchev–Trinajstić information content (AvgIpc) is 3.27. The first-order chi connectivity index (χ1) is 10.4. The fraction of sp³-hybridized carbons (Fsp3) is 0.286. The first-order valence-corrected chi connectivity index (χ1v) is 6.79. The third kappa shape index (κ3) is 2.31. The number of ether oxygens (including phenoxy) is 1. The lowest BCUT2D eigenvalue weighted by atomic mass is 10.1. The van der Waals surface area contributed by atoms with Gasteiger partial charge in [-0.1, -0.05) is 11.2 Å². The van der Waals surface area contributed by atoms with Gasteiger partial charge in [0.15, 0.2) is 5.82 Å². The molecule has 1 fully saturated rings. The lowest BCUT2D eigenvalue weighted by Crippen LogP contribution is -1.99. The van der Waals surface area contributed by atoms with Crippen LogP contribution in [0.1, 0.15) is 18.2 Å². The Balaban J connectivity index is 1.61. The van der Waals surface area contributed by atoms with Crippen LogP contribution in [0, 0.1) is 0 Å². The molecule has 0 unspecified atom stereocenters. The number of nitrogens with zero attached hydrogens (tertiary/aromatic N) is 4. The van der Waals surface area contributed by atoms with Crippen molar-refractivity contribution >= 4 is 0 Å². The summed E-state index contributed by atoms with van der Waals surface area (Å²) in [5.41, 5.74) is 2.23. The molecular weight excluding hydrogens is 270 g/mol. The topological polar surface area (TPSA) is 89.7 Å². The van der Waals surface area contributed by atoms with E-state index in [1.54, 1.807) is 6.20 Å². The number of nitrogens with one attached hydrogen (secondary N) is 1. The lowest BCUT2D eigenvalue weighted by molar-refractivity contribution is 0.192. The molecule has 1 saturated heterocycles. The molecule has 3 aromatic heterocycles. The Bertz CT molecular complexity index is 731. The highest BCUT2D eigenvalue weighted by Crippen LogP contribution is 2.26. The number of aromatic nitrogens is 5. The van der Waals surface area contributed by atoms with Crippen molar-refractivity contribution in [2.75, 3.05) is 13.2 Å². The third-order valence-electron chi connectivity index (χ3n) is 3.47. The Labute approximate surface area is 120 Å². The van der Waals surface area contributed by atoms with Crippen molar-refractivity contribution in [1.82, 2.24) is 25.3 Å². The molecule has 21 heavy (non-hydrogen) atoms. The fourth-order valence-electron chi connectivity index (χ4n) is 2.33. The van der Waals surface area contributed by atoms with E-state index in [1.807, 2.05) is 24.3 Å². The average molecular weight is 283 g/mol. The van der Waals surface area contributed by atoms with Crippen molar-refractivity contribution in [3.05, 3.63) is 36.3 Å². The number of aromatic amines is 1. The Morgan fingerprint density at radius 3 is 3.05 bits per heavy atom. The van der Waals surface area contributed by atoms with Crippen LogP contribution >= 0.6 is 0 Å². The van der Waals surface area contributed by atoms with Gasteiger partial charge in [0.25, 0.3) is 5.89 Å². The number of pyridine rings is 1. The van der Waals surface area contributed by atoms with Gasteiger partial charge in [-0.25, -0.2) is 0 Å². The minimum Gasteiger partial charge on any atom is -0.381 e. The molecule has 0 bridgehead atoms. The van der Waals surface area contributed by atoms with Gasteiger partial charge in [-0.15, -0.1) is 0 Å². The van der Waals surface area contributed by atoms with E-state index in [0.29, 0.717) is 24.0 Å². The normalized spacial score (nSPS) is 18.2. The standard InChI is InChI=1S/C14H13N5O2/c1-2-5-15-10(3-1)11-7-12(18-17-11)14-16-13(19-21-14)9-4-6-20-8-9/h1-3,5,7,9H,4,6,8H2,(H,17,18)/t9-/m0/s1.